The Kier molecular flexibility index (Phi) is 16.2. The molecule has 2 aromatic rings. The van der Waals surface area contributed by atoms with Crippen molar-refractivity contribution >= 4 is 42.4 Å². The summed E-state index contributed by atoms with van der Waals surface area (Å²) in [6.07, 6.45) is 5.30. The van der Waals surface area contributed by atoms with Gasteiger partial charge in [-0.3, -0.25) is 19.6 Å². The van der Waals surface area contributed by atoms with Crippen molar-refractivity contribution < 1.29 is 14.3 Å². The molecule has 0 atom stereocenters. The number of likely N-dealkylation sites (N-methyl/N-ethyl adjacent to an activating group) is 1. The summed E-state index contributed by atoms with van der Waals surface area (Å²) in [5.74, 6) is 0.512. The van der Waals surface area contributed by atoms with E-state index in [1.54, 1.807) is 36.7 Å². The maximum atomic E-state index is 12.7. The third-order valence-electron chi connectivity index (χ3n) is 5.72. The van der Waals surface area contributed by atoms with Gasteiger partial charge in [-0.2, -0.15) is 0 Å². The minimum atomic E-state index is 0.0462. The van der Waals surface area contributed by atoms with Crippen molar-refractivity contribution in [3.8, 4) is 5.75 Å². The maximum absolute atomic E-state index is 12.7. The van der Waals surface area contributed by atoms with Gasteiger partial charge < -0.3 is 25.6 Å². The Morgan fingerprint density at radius 3 is 2.31 bits per heavy atom. The van der Waals surface area contributed by atoms with Crippen LogP contribution in [0.1, 0.15) is 32.7 Å². The molecule has 9 nitrogen and oxygen atoms in total. The van der Waals surface area contributed by atoms with Gasteiger partial charge in [0.25, 0.3) is 5.91 Å². The molecule has 0 radical (unpaired) electrons. The Labute approximate surface area is 237 Å². The number of aryl methyl sites for hydroxylation is 1. The lowest BCUT2D eigenvalue weighted by molar-refractivity contribution is 0.0664. The summed E-state index contributed by atoms with van der Waals surface area (Å²) >= 11 is 6.41. The minimum absolute atomic E-state index is 0.0462. The van der Waals surface area contributed by atoms with E-state index in [1.165, 1.54) is 14.2 Å². The fraction of sp³-hybridized carbons (Fsp3) is 0.379. The number of amides is 1. The first-order valence-electron chi connectivity index (χ1n) is 12.6. The molecule has 212 valence electrons. The lowest BCUT2D eigenvalue weighted by atomic mass is 10.0. The number of ether oxygens (including phenoxy) is 1. The Hall–Kier alpha value is -3.37. The van der Waals surface area contributed by atoms with Crippen molar-refractivity contribution in [3.05, 3.63) is 69.9 Å². The first kappa shape index (κ1) is 33.7. The number of nitrogens with zero attached hydrogens (tertiary/aromatic N) is 4. The Bertz CT molecular complexity index is 1110. The van der Waals surface area contributed by atoms with Crippen LogP contribution in [-0.4, -0.2) is 96.4 Å². The third-order valence-corrected chi connectivity index (χ3v) is 6.15. The standard InChI is InChI=1S/C26H29ClN4O3.C2H7N.CH5N/c1-28-16-19(4-5-22-14-20(18-32)15-24(34-3)25(22)27)17-29-23-8-6-21(7-9-23)26(33)31-12-10-30(2)11-13-31;1-3-2;1-2/h6-9,14-18H,1,4-5,10-13H2,2-3H3;3H,1-2H3;2H2,1H3/b19-16-,29-17?;;. The maximum Gasteiger partial charge on any atom is 0.253 e. The summed E-state index contributed by atoms with van der Waals surface area (Å²) in [5, 5.41) is 3.23. The minimum Gasteiger partial charge on any atom is -0.495 e. The molecular weight excluding hydrogens is 516 g/mol. The molecule has 3 rings (SSSR count). The highest BCUT2D eigenvalue weighted by atomic mass is 35.5. The van der Waals surface area contributed by atoms with E-state index in [1.807, 2.05) is 31.1 Å². The van der Waals surface area contributed by atoms with Gasteiger partial charge in [0.2, 0.25) is 0 Å². The van der Waals surface area contributed by atoms with Crippen LogP contribution in [0.25, 0.3) is 0 Å². The molecule has 39 heavy (non-hydrogen) atoms. The number of carbonyl (C=O) groups is 2. The highest BCUT2D eigenvalue weighted by molar-refractivity contribution is 6.33. The summed E-state index contributed by atoms with van der Waals surface area (Å²) in [5.41, 5.74) is 8.04. The van der Waals surface area contributed by atoms with Gasteiger partial charge in [-0.25, -0.2) is 0 Å². The number of benzene rings is 2. The number of rotatable bonds is 9. The molecule has 1 heterocycles. The number of carbonyl (C=O) groups excluding carboxylic acids is 2. The van der Waals surface area contributed by atoms with Crippen molar-refractivity contribution in [2.45, 2.75) is 12.8 Å². The lowest BCUT2D eigenvalue weighted by Gasteiger charge is -2.32. The molecule has 1 aliphatic rings. The first-order valence-corrected chi connectivity index (χ1v) is 13.0. The SMILES string of the molecule is C=N/C=C(\C=Nc1ccc(C(=O)N2CCN(C)CC2)cc1)CCc1cc(C=O)cc(OC)c1Cl.CN.CNC. The summed E-state index contributed by atoms with van der Waals surface area (Å²) in [6.45, 7) is 6.79. The van der Waals surface area contributed by atoms with Crippen LogP contribution in [0.3, 0.4) is 0 Å². The van der Waals surface area contributed by atoms with Crippen molar-refractivity contribution in [1.82, 2.24) is 15.1 Å². The third kappa shape index (κ3) is 11.1. The highest BCUT2D eigenvalue weighted by Crippen LogP contribution is 2.31. The fourth-order valence-electron chi connectivity index (χ4n) is 3.68. The second kappa shape index (κ2) is 18.8. The molecular formula is C29H41ClN6O3. The second-order valence-corrected chi connectivity index (χ2v) is 8.98. The molecule has 1 amide bonds. The van der Waals surface area contributed by atoms with Crippen LogP contribution in [0.5, 0.6) is 5.75 Å². The molecule has 1 aliphatic heterocycles. The van der Waals surface area contributed by atoms with E-state index < -0.39 is 0 Å². The second-order valence-electron chi connectivity index (χ2n) is 8.60. The van der Waals surface area contributed by atoms with E-state index in [0.29, 0.717) is 34.7 Å². The molecule has 0 bridgehead atoms. The number of hydrogen-bond acceptors (Lipinski definition) is 8. The Balaban J connectivity index is 0.00000142. The zero-order valence-corrected chi connectivity index (χ0v) is 24.4. The van der Waals surface area contributed by atoms with E-state index in [2.05, 4.69) is 39.7 Å². The van der Waals surface area contributed by atoms with Crippen LogP contribution in [0, 0.1) is 0 Å². The van der Waals surface area contributed by atoms with Crippen LogP contribution >= 0.6 is 11.6 Å². The number of nitrogens with one attached hydrogen (secondary N) is 1. The van der Waals surface area contributed by atoms with E-state index in [9.17, 15) is 9.59 Å². The normalized spacial score (nSPS) is 13.6. The predicted molar refractivity (Wildman–Crippen MR) is 162 cm³/mol. The van der Waals surface area contributed by atoms with E-state index in [4.69, 9.17) is 16.3 Å². The smallest absolute Gasteiger partial charge is 0.253 e. The molecule has 0 aromatic heterocycles. The average molecular weight is 557 g/mol. The molecule has 1 saturated heterocycles. The quantitative estimate of drug-likeness (QED) is 0.358. The van der Waals surface area contributed by atoms with E-state index in [-0.39, 0.29) is 5.91 Å². The Morgan fingerprint density at radius 2 is 1.77 bits per heavy atom. The van der Waals surface area contributed by atoms with Gasteiger partial charge in [-0.05, 0) is 95.3 Å². The van der Waals surface area contributed by atoms with Crippen LogP contribution in [0.4, 0.5) is 5.69 Å². The van der Waals surface area contributed by atoms with Crippen molar-refractivity contribution in [2.75, 3.05) is 61.5 Å². The molecule has 1 fully saturated rings. The number of halogens is 1. The zero-order valence-electron chi connectivity index (χ0n) is 23.6. The lowest BCUT2D eigenvalue weighted by Crippen LogP contribution is -2.47. The monoisotopic (exact) mass is 556 g/mol. The molecule has 2 aromatic carbocycles. The van der Waals surface area contributed by atoms with Gasteiger partial charge in [-0.1, -0.05) is 11.6 Å². The Morgan fingerprint density at radius 1 is 1.15 bits per heavy atom. The summed E-state index contributed by atoms with van der Waals surface area (Å²) < 4.78 is 5.27. The predicted octanol–water partition coefficient (Wildman–Crippen LogP) is 3.88. The molecule has 0 spiro atoms. The van der Waals surface area contributed by atoms with Crippen molar-refractivity contribution in [1.29, 1.82) is 0 Å². The number of nitrogens with two attached hydrogens (primary N) is 1. The first-order chi connectivity index (χ1) is 18.9. The number of hydrogen-bond donors (Lipinski definition) is 2. The zero-order chi connectivity index (χ0) is 29.2. The average Bonchev–Trinajstić information content (AvgIpc) is 2.97. The summed E-state index contributed by atoms with van der Waals surface area (Å²) in [4.78, 5) is 36.4. The van der Waals surface area contributed by atoms with Crippen LogP contribution < -0.4 is 15.8 Å². The molecule has 0 saturated carbocycles. The van der Waals surface area contributed by atoms with Gasteiger partial charge in [0.15, 0.2) is 0 Å². The molecule has 0 aliphatic carbocycles. The van der Waals surface area contributed by atoms with Crippen molar-refractivity contribution in [3.63, 3.8) is 0 Å². The van der Waals surface area contributed by atoms with E-state index >= 15 is 0 Å². The van der Waals surface area contributed by atoms with Gasteiger partial charge in [0.05, 0.1) is 17.8 Å². The summed E-state index contributed by atoms with van der Waals surface area (Å²) in [7, 11) is 8.83. The topological polar surface area (TPSA) is 113 Å². The highest BCUT2D eigenvalue weighted by Gasteiger charge is 2.20. The fourth-order valence-corrected chi connectivity index (χ4v) is 3.96. The van der Waals surface area contributed by atoms with Gasteiger partial charge in [0, 0.05) is 49.7 Å². The molecule has 10 heteroatoms. The molecule has 0 unspecified atom stereocenters. The summed E-state index contributed by atoms with van der Waals surface area (Å²) in [6, 6.07) is 10.6. The van der Waals surface area contributed by atoms with Crippen molar-refractivity contribution in [2.24, 2.45) is 15.7 Å². The van der Waals surface area contributed by atoms with Crippen LogP contribution in [0.2, 0.25) is 5.02 Å². The van der Waals surface area contributed by atoms with Crippen LogP contribution in [0.15, 0.2) is 58.2 Å². The number of methoxy groups -OCH3 is 1. The number of allylic oxidation sites excluding steroid dienone is 1. The van der Waals surface area contributed by atoms with Crippen LogP contribution in [-0.2, 0) is 6.42 Å². The van der Waals surface area contributed by atoms with Gasteiger partial charge in [-0.15, -0.1) is 0 Å². The largest absolute Gasteiger partial charge is 0.495 e. The number of aldehydes is 1. The molecule has 3 N–H and O–H groups in total. The number of aliphatic imine (C=N–C) groups is 2. The van der Waals surface area contributed by atoms with E-state index in [0.717, 1.165) is 49.3 Å². The van der Waals surface area contributed by atoms with Gasteiger partial charge in [0.1, 0.15) is 12.0 Å². The number of piperazine rings is 1. The van der Waals surface area contributed by atoms with Gasteiger partial charge >= 0.3 is 0 Å².